The predicted molar refractivity (Wildman–Crippen MR) is 122 cm³/mol. The number of aldehydes is 1. The number of hydrogen-bond acceptors (Lipinski definition) is 6. The monoisotopic (exact) mass is 439 g/mol. The van der Waals surface area contributed by atoms with E-state index in [2.05, 4.69) is 44.7 Å². The van der Waals surface area contributed by atoms with Gasteiger partial charge in [0, 0.05) is 42.4 Å². The summed E-state index contributed by atoms with van der Waals surface area (Å²) >= 11 is 0. The molecule has 0 spiro atoms. The van der Waals surface area contributed by atoms with Crippen molar-refractivity contribution in [3.63, 3.8) is 0 Å². The number of rotatable bonds is 3. The lowest BCUT2D eigenvalue weighted by molar-refractivity contribution is -0.152. The highest BCUT2D eigenvalue weighted by atomic mass is 16.5. The van der Waals surface area contributed by atoms with Crippen molar-refractivity contribution in [2.24, 2.45) is 40.4 Å². The molecule has 4 unspecified atom stereocenters. The van der Waals surface area contributed by atoms with Gasteiger partial charge in [0.05, 0.1) is 0 Å². The summed E-state index contributed by atoms with van der Waals surface area (Å²) in [5, 5.41) is 2.03. The molecule has 0 radical (unpaired) electrons. The Balaban J connectivity index is 1.49. The first kappa shape index (κ1) is 21.7. The second kappa shape index (κ2) is 7.47. The van der Waals surface area contributed by atoms with Gasteiger partial charge in [-0.25, -0.2) is 0 Å². The third-order valence-corrected chi connectivity index (χ3v) is 9.70. The van der Waals surface area contributed by atoms with Crippen LogP contribution in [0.15, 0.2) is 35.3 Å². The second-order valence-corrected chi connectivity index (χ2v) is 11.3. The molecule has 6 nitrogen and oxygen atoms in total. The van der Waals surface area contributed by atoms with E-state index in [0.29, 0.717) is 23.7 Å². The van der Waals surface area contributed by atoms with E-state index in [0.717, 1.165) is 43.2 Å². The first-order chi connectivity index (χ1) is 15.2. The molecule has 4 aliphatic carbocycles. The summed E-state index contributed by atoms with van der Waals surface area (Å²) in [7, 11) is 0. The molecule has 0 aromatic heterocycles. The summed E-state index contributed by atoms with van der Waals surface area (Å²) < 4.78 is 5.69. The number of carbonyl (C=O) groups excluding carboxylic acids is 2. The summed E-state index contributed by atoms with van der Waals surface area (Å²) in [6.07, 6.45) is 12.7. The maximum Gasteiger partial charge on any atom is 0.302 e. The number of nitrogens with one attached hydrogen (secondary N) is 2. The molecule has 2 N–H and O–H groups in total. The fourth-order valence-corrected chi connectivity index (χ4v) is 8.50. The third kappa shape index (κ3) is 2.94. The molecule has 2 saturated carbocycles. The minimum Gasteiger partial charge on any atom is -0.462 e. The van der Waals surface area contributed by atoms with Crippen LogP contribution in [0.5, 0.6) is 0 Å². The van der Waals surface area contributed by atoms with E-state index < -0.39 is 0 Å². The van der Waals surface area contributed by atoms with Crippen molar-refractivity contribution in [2.75, 3.05) is 0 Å². The van der Waals surface area contributed by atoms with Gasteiger partial charge in [-0.3, -0.25) is 14.6 Å². The number of fused-ring (bicyclic) bond motifs is 5. The molecule has 174 valence electrons. The molecular formula is C26H37N3O3. The van der Waals surface area contributed by atoms with Crippen molar-refractivity contribution in [1.29, 1.82) is 0 Å². The number of esters is 1. The van der Waals surface area contributed by atoms with Crippen molar-refractivity contribution in [1.82, 2.24) is 16.0 Å². The Morgan fingerprint density at radius 3 is 2.72 bits per heavy atom. The highest BCUT2D eigenvalue weighted by Crippen LogP contribution is 2.67. The lowest BCUT2D eigenvalue weighted by Gasteiger charge is -2.59. The normalized spacial score (nSPS) is 44.9. The molecule has 0 aromatic rings. The average molecular weight is 440 g/mol. The van der Waals surface area contributed by atoms with Gasteiger partial charge in [0.25, 0.3) is 0 Å². The largest absolute Gasteiger partial charge is 0.462 e. The van der Waals surface area contributed by atoms with E-state index in [1.807, 2.05) is 17.4 Å². The van der Waals surface area contributed by atoms with Crippen LogP contribution in [0.4, 0.5) is 0 Å². The lowest BCUT2D eigenvalue weighted by atomic mass is 9.46. The van der Waals surface area contributed by atoms with Crippen LogP contribution >= 0.6 is 0 Å². The van der Waals surface area contributed by atoms with Gasteiger partial charge in [0.1, 0.15) is 12.4 Å². The van der Waals surface area contributed by atoms with Crippen LogP contribution in [0.3, 0.4) is 0 Å². The average Bonchev–Trinajstić information content (AvgIpc) is 3.32. The highest BCUT2D eigenvalue weighted by molar-refractivity contribution is 5.77. The Labute approximate surface area is 191 Å². The maximum atomic E-state index is 12.3. The van der Waals surface area contributed by atoms with Crippen molar-refractivity contribution in [2.45, 2.75) is 72.8 Å². The van der Waals surface area contributed by atoms with Gasteiger partial charge in [-0.1, -0.05) is 39.3 Å². The van der Waals surface area contributed by atoms with Crippen LogP contribution in [-0.4, -0.2) is 23.4 Å². The van der Waals surface area contributed by atoms with Crippen LogP contribution in [0.1, 0.15) is 66.7 Å². The number of carbonyl (C=O) groups is 2. The van der Waals surface area contributed by atoms with Crippen molar-refractivity contribution >= 4 is 12.3 Å². The third-order valence-electron chi connectivity index (χ3n) is 9.70. The van der Waals surface area contributed by atoms with Gasteiger partial charge in [0.15, 0.2) is 0 Å². The molecule has 5 rings (SSSR count). The van der Waals surface area contributed by atoms with Crippen molar-refractivity contribution < 1.29 is 14.3 Å². The van der Waals surface area contributed by atoms with E-state index in [1.54, 1.807) is 0 Å². The molecule has 0 saturated heterocycles. The van der Waals surface area contributed by atoms with E-state index in [4.69, 9.17) is 4.74 Å². The number of allylic oxidation sites excluding steroid dienone is 3. The van der Waals surface area contributed by atoms with Gasteiger partial charge in [-0.2, -0.15) is 0 Å². The van der Waals surface area contributed by atoms with Crippen LogP contribution in [-0.2, 0) is 14.3 Å². The number of ether oxygens (including phenoxy) is 1. The van der Waals surface area contributed by atoms with Gasteiger partial charge in [0.2, 0.25) is 0 Å². The Morgan fingerprint density at radius 1 is 1.28 bits per heavy atom. The Bertz CT molecular complexity index is 923. The molecule has 5 aliphatic rings. The Hall–Kier alpha value is -2.08. The minimum atomic E-state index is -0.174. The van der Waals surface area contributed by atoms with E-state index in [9.17, 15) is 9.59 Å². The lowest BCUT2D eigenvalue weighted by Crippen LogP contribution is -2.53. The molecule has 1 heterocycles. The Morgan fingerprint density at radius 2 is 2.06 bits per heavy atom. The molecule has 6 heteroatoms. The number of hydrogen-bond donors (Lipinski definition) is 2. The summed E-state index contributed by atoms with van der Waals surface area (Å²) in [6.45, 7) is 10.9. The molecule has 0 bridgehead atoms. The summed E-state index contributed by atoms with van der Waals surface area (Å²) in [6, 6.07) is 0. The van der Waals surface area contributed by atoms with Crippen molar-refractivity contribution in [3.8, 4) is 0 Å². The molecule has 1 aliphatic heterocycles. The zero-order valence-corrected chi connectivity index (χ0v) is 20.0. The Kier molecular flexibility index (Phi) is 5.08. The standard InChI is InChI=1S/C26H37N3O3/c1-15-13-26(5)18(12-22(15)32-17(3)31)6-7-19-21(26)8-9-25(4)23(19)16(2)20(14-30)24(25)29-11-10-27-28-29/h6,10-11,14-16,19,21-23,27-28H,7-9,12-13H2,1-5H3/t15?,16-,19?,21?,22-,23?,25+,26+/m1/s1. The van der Waals surface area contributed by atoms with E-state index >= 15 is 0 Å². The molecule has 8 atom stereocenters. The summed E-state index contributed by atoms with van der Waals surface area (Å²) in [4.78, 5) is 23.9. The fraction of sp³-hybridized carbons (Fsp3) is 0.692. The summed E-state index contributed by atoms with van der Waals surface area (Å²) in [5.74, 6) is 2.04. The molecular weight excluding hydrogens is 402 g/mol. The van der Waals surface area contributed by atoms with Crippen LogP contribution in [0.2, 0.25) is 0 Å². The van der Waals surface area contributed by atoms with E-state index in [1.165, 1.54) is 18.9 Å². The number of nitrogens with zero attached hydrogens (tertiary/aromatic N) is 1. The zero-order valence-electron chi connectivity index (χ0n) is 20.0. The molecule has 2 fully saturated rings. The van der Waals surface area contributed by atoms with Gasteiger partial charge in [-0.15, -0.1) is 5.53 Å². The smallest absolute Gasteiger partial charge is 0.302 e. The first-order valence-electron chi connectivity index (χ1n) is 12.2. The van der Waals surface area contributed by atoms with Crippen LogP contribution < -0.4 is 11.0 Å². The van der Waals surface area contributed by atoms with Gasteiger partial charge < -0.3 is 10.2 Å². The topological polar surface area (TPSA) is 70.7 Å². The number of hydrazine groups is 2. The van der Waals surface area contributed by atoms with Gasteiger partial charge >= 0.3 is 5.97 Å². The first-order valence-corrected chi connectivity index (χ1v) is 12.2. The minimum absolute atomic E-state index is 0.00176. The second-order valence-electron chi connectivity index (χ2n) is 11.3. The molecule has 0 aromatic carbocycles. The fourth-order valence-electron chi connectivity index (χ4n) is 8.50. The van der Waals surface area contributed by atoms with E-state index in [-0.39, 0.29) is 28.8 Å². The molecule has 32 heavy (non-hydrogen) atoms. The zero-order chi connectivity index (χ0) is 22.8. The SMILES string of the molecule is CC(=O)O[C@@H]1CC2=CCC3C(CC[C@]4(C)C(N5C=CNN5)=C(C=O)[C@@H](C)C34)[C@@]2(C)CC1C. The quantitative estimate of drug-likeness (QED) is 0.390. The summed E-state index contributed by atoms with van der Waals surface area (Å²) in [5.41, 5.74) is 9.96. The van der Waals surface area contributed by atoms with Crippen LogP contribution in [0.25, 0.3) is 0 Å². The predicted octanol–water partition coefficient (Wildman–Crippen LogP) is 4.23. The highest BCUT2D eigenvalue weighted by Gasteiger charge is 2.61. The molecule has 0 amide bonds. The van der Waals surface area contributed by atoms with Gasteiger partial charge in [-0.05, 0) is 60.7 Å². The van der Waals surface area contributed by atoms with Crippen LogP contribution in [0, 0.1) is 40.4 Å². The van der Waals surface area contributed by atoms with Crippen molar-refractivity contribution in [3.05, 3.63) is 35.3 Å². The maximum absolute atomic E-state index is 12.3.